The van der Waals surface area contributed by atoms with Crippen molar-refractivity contribution in [2.75, 3.05) is 13.2 Å². The predicted molar refractivity (Wildman–Crippen MR) is 279 cm³/mol. The molecule has 0 aliphatic carbocycles. The molecule has 0 aliphatic heterocycles. The maximum absolute atomic E-state index is 12.8. The molecule has 0 heterocycles. The molecule has 6 heteroatoms. The van der Waals surface area contributed by atoms with Gasteiger partial charge in [0.25, 0.3) is 0 Å². The molecule has 0 aromatic carbocycles. The van der Waals surface area contributed by atoms with Crippen molar-refractivity contribution in [3.8, 4) is 0 Å². The highest BCUT2D eigenvalue weighted by Crippen LogP contribution is 2.15. The van der Waals surface area contributed by atoms with Crippen molar-refractivity contribution in [2.24, 2.45) is 0 Å². The summed E-state index contributed by atoms with van der Waals surface area (Å²) in [5.74, 6) is -0.951. The molecule has 0 aromatic rings. The molecule has 0 saturated carbocycles. The van der Waals surface area contributed by atoms with E-state index in [0.29, 0.717) is 19.3 Å². The number of unbranched alkanes of at least 4 members (excludes halogenated alkanes) is 26. The Bertz CT molecular complexity index is 1230. The molecule has 6 nitrogen and oxygen atoms in total. The maximum atomic E-state index is 12.8. The van der Waals surface area contributed by atoms with E-state index in [0.717, 1.165) is 89.9 Å². The van der Waals surface area contributed by atoms with Crippen LogP contribution in [0.2, 0.25) is 0 Å². The topological polar surface area (TPSA) is 78.9 Å². The molecule has 1 atom stereocenters. The minimum atomic E-state index is -0.803. The molecule has 0 fully saturated rings. The molecule has 65 heavy (non-hydrogen) atoms. The fourth-order valence-corrected chi connectivity index (χ4v) is 7.51. The highest BCUT2D eigenvalue weighted by Gasteiger charge is 2.19. The van der Waals surface area contributed by atoms with Crippen LogP contribution in [0, 0.1) is 0 Å². The Balaban J connectivity index is 4.47. The molecule has 0 saturated heterocycles. The van der Waals surface area contributed by atoms with Gasteiger partial charge in [0.05, 0.1) is 0 Å². The van der Waals surface area contributed by atoms with Crippen molar-refractivity contribution in [2.45, 2.75) is 271 Å². The summed E-state index contributed by atoms with van der Waals surface area (Å²) >= 11 is 0. The normalized spacial score (nSPS) is 12.6. The van der Waals surface area contributed by atoms with E-state index in [9.17, 15) is 14.4 Å². The van der Waals surface area contributed by atoms with E-state index in [-0.39, 0.29) is 37.5 Å². The van der Waals surface area contributed by atoms with Crippen LogP contribution in [-0.4, -0.2) is 37.2 Å². The summed E-state index contributed by atoms with van der Waals surface area (Å²) in [4.78, 5) is 38.1. The Hall–Kier alpha value is -3.15. The lowest BCUT2D eigenvalue weighted by molar-refractivity contribution is -0.167. The number of allylic oxidation sites excluding steroid dienone is 12. The van der Waals surface area contributed by atoms with Gasteiger partial charge in [0.1, 0.15) is 13.2 Å². The van der Waals surface area contributed by atoms with Crippen molar-refractivity contribution in [3.63, 3.8) is 0 Å². The monoisotopic (exact) mass is 907 g/mol. The Morgan fingerprint density at radius 3 is 0.923 bits per heavy atom. The number of carbonyl (C=O) groups is 3. The van der Waals surface area contributed by atoms with Crippen molar-refractivity contribution in [1.29, 1.82) is 0 Å². The molecule has 0 amide bonds. The van der Waals surface area contributed by atoms with Gasteiger partial charge in [-0.3, -0.25) is 14.4 Å². The first-order valence-electron chi connectivity index (χ1n) is 27.4. The molecule has 0 bridgehead atoms. The fraction of sp³-hybridized carbons (Fsp3) is 0.746. The van der Waals surface area contributed by atoms with Crippen molar-refractivity contribution >= 4 is 17.9 Å². The number of rotatable bonds is 49. The Morgan fingerprint density at radius 1 is 0.308 bits per heavy atom. The third kappa shape index (κ3) is 51.7. The quantitative estimate of drug-likeness (QED) is 0.0262. The number of esters is 3. The Morgan fingerprint density at radius 2 is 0.554 bits per heavy atom. The second-order valence-corrected chi connectivity index (χ2v) is 18.1. The number of carbonyl (C=O) groups excluding carboxylic acids is 3. The predicted octanol–water partition coefficient (Wildman–Crippen LogP) is 18.2. The summed E-state index contributed by atoms with van der Waals surface area (Å²) in [6.45, 7) is 6.54. The summed E-state index contributed by atoms with van der Waals surface area (Å²) in [5, 5.41) is 0. The van der Waals surface area contributed by atoms with Gasteiger partial charge in [-0.1, -0.05) is 222 Å². The summed E-state index contributed by atoms with van der Waals surface area (Å²) < 4.78 is 16.8. The smallest absolute Gasteiger partial charge is 0.306 e. The average Bonchev–Trinajstić information content (AvgIpc) is 3.30. The molecule has 0 aromatic heterocycles. The standard InChI is InChI=1S/C59H102O6/c1-4-7-10-13-16-19-22-25-28-29-32-34-37-40-43-46-49-52-58(61)64-55-56(65-59(62)53-50-47-44-41-38-35-31-27-24-21-18-15-12-9-6-3)54-63-57(60)51-48-45-42-39-36-33-30-26-23-20-17-14-11-8-5-2/h16,18-19,21,25,27-28,31-32,34,38,41,56H,4-15,17,20,22-24,26,29-30,33,35-37,39-40,42-55H2,1-3H3/b19-16-,21-18-,28-25-,31-27-,34-32-,41-38-/t56-/m1/s1. The molecule has 0 spiro atoms. The first-order chi connectivity index (χ1) is 32.0. The van der Waals surface area contributed by atoms with Crippen LogP contribution in [0.3, 0.4) is 0 Å². The van der Waals surface area contributed by atoms with Crippen molar-refractivity contribution < 1.29 is 28.6 Å². The second kappa shape index (κ2) is 53.5. The van der Waals surface area contributed by atoms with E-state index in [1.165, 1.54) is 128 Å². The van der Waals surface area contributed by atoms with E-state index in [1.54, 1.807) is 0 Å². The molecule has 0 rings (SSSR count). The zero-order valence-corrected chi connectivity index (χ0v) is 42.7. The summed E-state index contributed by atoms with van der Waals surface area (Å²) in [7, 11) is 0. The van der Waals surface area contributed by atoms with Crippen molar-refractivity contribution in [3.05, 3.63) is 72.9 Å². The van der Waals surface area contributed by atoms with Gasteiger partial charge in [-0.25, -0.2) is 0 Å². The van der Waals surface area contributed by atoms with Crippen LogP contribution in [0.15, 0.2) is 72.9 Å². The maximum Gasteiger partial charge on any atom is 0.306 e. The molecular weight excluding hydrogens is 805 g/mol. The van der Waals surface area contributed by atoms with E-state index in [2.05, 4.69) is 93.7 Å². The van der Waals surface area contributed by atoms with Gasteiger partial charge in [0.2, 0.25) is 0 Å². The first-order valence-corrected chi connectivity index (χ1v) is 27.4. The number of hydrogen-bond donors (Lipinski definition) is 0. The molecule has 0 N–H and O–H groups in total. The lowest BCUT2D eigenvalue weighted by Gasteiger charge is -2.18. The van der Waals surface area contributed by atoms with Gasteiger partial charge < -0.3 is 14.2 Å². The number of hydrogen-bond acceptors (Lipinski definition) is 6. The van der Waals surface area contributed by atoms with Gasteiger partial charge in [0, 0.05) is 19.3 Å². The van der Waals surface area contributed by atoms with Gasteiger partial charge in [-0.15, -0.1) is 0 Å². The molecule has 0 unspecified atom stereocenters. The molecule has 0 aliphatic rings. The highest BCUT2D eigenvalue weighted by atomic mass is 16.6. The Labute approximate surface area is 402 Å². The molecular formula is C59H102O6. The van der Waals surface area contributed by atoms with Crippen LogP contribution < -0.4 is 0 Å². The second-order valence-electron chi connectivity index (χ2n) is 18.1. The lowest BCUT2D eigenvalue weighted by atomic mass is 10.0. The van der Waals surface area contributed by atoms with Gasteiger partial charge in [0.15, 0.2) is 6.10 Å². The van der Waals surface area contributed by atoms with Gasteiger partial charge in [-0.2, -0.15) is 0 Å². The third-order valence-corrected chi connectivity index (χ3v) is 11.7. The van der Waals surface area contributed by atoms with E-state index in [4.69, 9.17) is 14.2 Å². The van der Waals surface area contributed by atoms with Crippen LogP contribution in [-0.2, 0) is 28.6 Å². The minimum Gasteiger partial charge on any atom is -0.462 e. The third-order valence-electron chi connectivity index (χ3n) is 11.7. The summed E-state index contributed by atoms with van der Waals surface area (Å²) in [5.41, 5.74) is 0. The SMILES string of the molecule is CCCCC/C=C\C/C=C\C/C=C\CCCCCCC(=O)OC[C@@H](COC(=O)CCCCCCCCCCCCCCCCC)OC(=O)CCCC/C=C\C/C=C\C/C=C\CCCCC. The van der Waals surface area contributed by atoms with E-state index >= 15 is 0 Å². The lowest BCUT2D eigenvalue weighted by Crippen LogP contribution is -2.30. The fourth-order valence-electron chi connectivity index (χ4n) is 7.51. The highest BCUT2D eigenvalue weighted by molar-refractivity contribution is 5.71. The van der Waals surface area contributed by atoms with Crippen LogP contribution in [0.25, 0.3) is 0 Å². The molecule has 374 valence electrons. The van der Waals surface area contributed by atoms with E-state index < -0.39 is 6.10 Å². The van der Waals surface area contributed by atoms with Crippen LogP contribution in [0.4, 0.5) is 0 Å². The van der Waals surface area contributed by atoms with E-state index in [1.807, 2.05) is 0 Å². The van der Waals surface area contributed by atoms with Crippen molar-refractivity contribution in [1.82, 2.24) is 0 Å². The first kappa shape index (κ1) is 61.9. The summed E-state index contributed by atoms with van der Waals surface area (Å²) in [6.07, 6.45) is 67.4. The van der Waals surface area contributed by atoms with Crippen LogP contribution in [0.1, 0.15) is 265 Å². The van der Waals surface area contributed by atoms with Gasteiger partial charge in [-0.05, 0) is 96.3 Å². The zero-order valence-electron chi connectivity index (χ0n) is 42.7. The largest absolute Gasteiger partial charge is 0.462 e. The number of ether oxygens (including phenoxy) is 3. The molecule has 0 radical (unpaired) electrons. The summed E-state index contributed by atoms with van der Waals surface area (Å²) in [6, 6.07) is 0. The Kier molecular flexibility index (Phi) is 50.9. The van der Waals surface area contributed by atoms with Gasteiger partial charge >= 0.3 is 17.9 Å². The van der Waals surface area contributed by atoms with Crippen LogP contribution in [0.5, 0.6) is 0 Å². The average molecular weight is 907 g/mol. The zero-order chi connectivity index (χ0) is 47.2. The van der Waals surface area contributed by atoms with Crippen LogP contribution >= 0.6 is 0 Å². The minimum absolute atomic E-state index is 0.0963.